The molecule has 7 nitrogen and oxygen atoms in total. The summed E-state index contributed by atoms with van der Waals surface area (Å²) in [5, 5.41) is 18.9. The number of likely N-dealkylation sites (tertiary alicyclic amines) is 1. The predicted molar refractivity (Wildman–Crippen MR) is 137 cm³/mol. The summed E-state index contributed by atoms with van der Waals surface area (Å²) in [6.07, 6.45) is 11.1. The highest BCUT2D eigenvalue weighted by Gasteiger charge is 2.47. The van der Waals surface area contributed by atoms with Crippen molar-refractivity contribution < 1.29 is 4.39 Å². The number of hydrogen-bond acceptors (Lipinski definition) is 7. The smallest absolute Gasteiger partial charge is 0.161 e. The fraction of sp³-hybridized carbons (Fsp3) is 0.348. The van der Waals surface area contributed by atoms with Gasteiger partial charge < -0.3 is 20.9 Å². The Morgan fingerprint density at radius 1 is 1.27 bits per heavy atom. The molecule has 4 aliphatic rings. The van der Waals surface area contributed by atoms with Crippen molar-refractivity contribution in [3.8, 4) is 0 Å². The maximum absolute atomic E-state index is 14.4. The van der Waals surface area contributed by atoms with Crippen LogP contribution in [0, 0.1) is 11.2 Å². The van der Waals surface area contributed by atoms with Gasteiger partial charge in [0.05, 0.1) is 17.7 Å². The number of nitrogens with zero attached hydrogens (tertiary/aromatic N) is 3. The van der Waals surface area contributed by atoms with Crippen LogP contribution >= 0.6 is 27.7 Å². The summed E-state index contributed by atoms with van der Waals surface area (Å²) in [6.45, 7) is 3.92. The molecule has 3 aliphatic heterocycles. The van der Waals surface area contributed by atoms with Crippen LogP contribution in [0.2, 0.25) is 0 Å². The summed E-state index contributed by atoms with van der Waals surface area (Å²) in [6, 6.07) is 4.90. The normalized spacial score (nSPS) is 23.9. The molecule has 1 saturated heterocycles. The number of thioether (sulfide) groups is 1. The van der Waals surface area contributed by atoms with E-state index < -0.39 is 4.87 Å². The van der Waals surface area contributed by atoms with Crippen LogP contribution in [0.15, 0.2) is 68.0 Å². The van der Waals surface area contributed by atoms with E-state index in [2.05, 4.69) is 41.8 Å². The van der Waals surface area contributed by atoms with Gasteiger partial charge in [-0.15, -0.1) is 0 Å². The highest BCUT2D eigenvalue weighted by Crippen LogP contribution is 2.48. The summed E-state index contributed by atoms with van der Waals surface area (Å²) in [7, 11) is 0. The van der Waals surface area contributed by atoms with Crippen molar-refractivity contribution in [3.63, 3.8) is 0 Å². The molecule has 1 aliphatic carbocycles. The highest BCUT2D eigenvalue weighted by atomic mass is 79.9. The summed E-state index contributed by atoms with van der Waals surface area (Å²) in [5.41, 5.74) is 2.74. The highest BCUT2D eigenvalue weighted by molar-refractivity contribution is 9.10. The molecule has 1 spiro atoms. The lowest BCUT2D eigenvalue weighted by Crippen LogP contribution is -2.46. The van der Waals surface area contributed by atoms with Gasteiger partial charge in [0, 0.05) is 35.0 Å². The number of aliphatic imine (C=N–C) groups is 2. The van der Waals surface area contributed by atoms with Crippen LogP contribution in [-0.2, 0) is 0 Å². The molecule has 10 heteroatoms. The third-order valence-electron chi connectivity index (χ3n) is 6.00. The van der Waals surface area contributed by atoms with E-state index in [1.807, 2.05) is 12.2 Å². The predicted octanol–water partition coefficient (Wildman–Crippen LogP) is 4.19. The number of anilines is 1. The van der Waals surface area contributed by atoms with Gasteiger partial charge in [0.2, 0.25) is 0 Å². The maximum atomic E-state index is 14.4. The minimum atomic E-state index is -0.624. The van der Waals surface area contributed by atoms with E-state index in [0.29, 0.717) is 26.7 Å². The fourth-order valence-corrected chi connectivity index (χ4v) is 5.78. The van der Waals surface area contributed by atoms with Gasteiger partial charge in [-0.05, 0) is 56.3 Å². The number of benzene rings is 1. The molecule has 0 amide bonds. The second-order valence-corrected chi connectivity index (χ2v) is 10.4. The molecule has 1 fully saturated rings. The first-order valence-electron chi connectivity index (χ1n) is 11.0. The Balaban J connectivity index is 1.32. The lowest BCUT2D eigenvalue weighted by atomic mass is 9.96. The molecular formula is C23H25BrFN7S. The number of rotatable bonds is 6. The Hall–Kier alpha value is -2.43. The van der Waals surface area contributed by atoms with Crippen LogP contribution in [0.4, 0.5) is 10.1 Å². The zero-order chi connectivity index (χ0) is 22.8. The first kappa shape index (κ1) is 22.4. The standard InChI is InChI=1S/C23H25BrFN7S/c24-16-4-5-19(18(25)11-16)30-17-10-15-13-27-14-29-23(15)20(12-17)31-22(33-23)21(26)28-6-9-32-7-2-1-3-8-32/h4-5,10-14,30H,1-3,6-9H2,(H2,26,28)(H,27,29). The molecule has 3 heterocycles. The largest absolute Gasteiger partial charge is 0.367 e. The van der Waals surface area contributed by atoms with Crippen molar-refractivity contribution in [2.75, 3.05) is 31.5 Å². The summed E-state index contributed by atoms with van der Waals surface area (Å²) >= 11 is 4.78. The third-order valence-corrected chi connectivity index (χ3v) is 7.85. The van der Waals surface area contributed by atoms with Gasteiger partial charge >= 0.3 is 0 Å². The molecule has 4 N–H and O–H groups in total. The molecular weight excluding hydrogens is 505 g/mol. The van der Waals surface area contributed by atoms with Gasteiger partial charge in [0.25, 0.3) is 0 Å². The van der Waals surface area contributed by atoms with Gasteiger partial charge in [-0.1, -0.05) is 34.1 Å². The van der Waals surface area contributed by atoms with Crippen molar-refractivity contribution in [2.45, 2.75) is 24.1 Å². The summed E-state index contributed by atoms with van der Waals surface area (Å²) in [4.78, 5) is 10.8. The fourth-order valence-electron chi connectivity index (χ4n) is 4.29. The van der Waals surface area contributed by atoms with Gasteiger partial charge in [-0.2, -0.15) is 0 Å². The van der Waals surface area contributed by atoms with Crippen molar-refractivity contribution in [3.05, 3.63) is 63.8 Å². The van der Waals surface area contributed by atoms with Gasteiger partial charge in [0.1, 0.15) is 10.9 Å². The molecule has 1 unspecified atom stereocenters. The van der Waals surface area contributed by atoms with Crippen LogP contribution in [0.5, 0.6) is 0 Å². The molecule has 0 bridgehead atoms. The number of amidine groups is 1. The minimum absolute atomic E-state index is 0.318. The van der Waals surface area contributed by atoms with Crippen molar-refractivity contribution in [1.29, 1.82) is 5.41 Å². The molecule has 1 aromatic rings. The van der Waals surface area contributed by atoms with E-state index in [0.717, 1.165) is 37.4 Å². The Bertz CT molecular complexity index is 1120. The summed E-state index contributed by atoms with van der Waals surface area (Å²) in [5.74, 6) is -0.0299. The van der Waals surface area contributed by atoms with Crippen molar-refractivity contribution in [1.82, 2.24) is 15.5 Å². The Morgan fingerprint density at radius 3 is 2.94 bits per heavy atom. The average molecular weight is 530 g/mol. The minimum Gasteiger partial charge on any atom is -0.367 e. The van der Waals surface area contributed by atoms with E-state index in [1.54, 1.807) is 24.7 Å². The molecule has 1 atom stereocenters. The van der Waals surface area contributed by atoms with E-state index in [4.69, 9.17) is 10.4 Å². The molecule has 33 heavy (non-hydrogen) atoms. The second kappa shape index (κ2) is 9.44. The zero-order valence-corrected chi connectivity index (χ0v) is 20.4. The number of halogens is 2. The number of nitrogens with one attached hydrogen (secondary N) is 4. The van der Waals surface area contributed by atoms with Crippen molar-refractivity contribution in [2.24, 2.45) is 9.98 Å². The first-order chi connectivity index (χ1) is 16.0. The van der Waals surface area contributed by atoms with Gasteiger partial charge in [0.15, 0.2) is 10.7 Å². The lowest BCUT2D eigenvalue weighted by molar-refractivity contribution is 0.232. The van der Waals surface area contributed by atoms with Gasteiger partial charge in [-0.3, -0.25) is 5.41 Å². The Kier molecular flexibility index (Phi) is 6.40. The molecule has 0 saturated carbocycles. The average Bonchev–Trinajstić information content (AvgIpc) is 3.19. The van der Waals surface area contributed by atoms with Crippen LogP contribution in [0.3, 0.4) is 0 Å². The molecule has 0 aromatic heterocycles. The van der Waals surface area contributed by atoms with Crippen LogP contribution in [-0.4, -0.2) is 53.2 Å². The van der Waals surface area contributed by atoms with E-state index in [-0.39, 0.29) is 5.82 Å². The summed E-state index contributed by atoms with van der Waals surface area (Å²) < 4.78 is 15.0. The lowest BCUT2D eigenvalue weighted by Gasteiger charge is -2.35. The van der Waals surface area contributed by atoms with Crippen LogP contribution < -0.4 is 16.0 Å². The molecule has 5 rings (SSSR count). The van der Waals surface area contributed by atoms with Gasteiger partial charge in [-0.25, -0.2) is 14.4 Å². The van der Waals surface area contributed by atoms with E-state index in [1.165, 1.54) is 37.1 Å². The Labute approximate surface area is 205 Å². The third kappa shape index (κ3) is 4.64. The number of hydrogen-bond donors (Lipinski definition) is 4. The van der Waals surface area contributed by atoms with E-state index in [9.17, 15) is 4.39 Å². The zero-order valence-electron chi connectivity index (χ0n) is 18.0. The molecule has 1 aromatic carbocycles. The monoisotopic (exact) mass is 529 g/mol. The van der Waals surface area contributed by atoms with Crippen LogP contribution in [0.1, 0.15) is 19.3 Å². The molecule has 0 radical (unpaired) electrons. The van der Waals surface area contributed by atoms with Crippen LogP contribution in [0.25, 0.3) is 0 Å². The van der Waals surface area contributed by atoms with Crippen molar-refractivity contribution >= 4 is 50.6 Å². The number of allylic oxidation sites excluding steroid dienone is 1. The first-order valence-corrected chi connectivity index (χ1v) is 12.6. The maximum Gasteiger partial charge on any atom is 0.161 e. The van der Waals surface area contributed by atoms with E-state index >= 15 is 0 Å². The quantitative estimate of drug-likeness (QED) is 0.327. The Morgan fingerprint density at radius 2 is 2.12 bits per heavy atom. The SMILES string of the molecule is N=C(NCCN1CCCCC1)C1=NC2=CC(Nc3ccc(Br)cc3F)=CC3=CN=CNC32S1. The second-order valence-electron chi connectivity index (χ2n) is 8.29. The number of piperidine rings is 1. The topological polar surface area (TPSA) is 87.9 Å². The molecule has 172 valence electrons.